The van der Waals surface area contributed by atoms with Gasteiger partial charge >= 0.3 is 0 Å². The van der Waals surface area contributed by atoms with Gasteiger partial charge in [-0.1, -0.05) is 43.2 Å². The Morgan fingerprint density at radius 3 is 2.21 bits per heavy atom. The summed E-state index contributed by atoms with van der Waals surface area (Å²) in [5, 5.41) is 3.04. The molecule has 0 saturated heterocycles. The lowest BCUT2D eigenvalue weighted by Gasteiger charge is -2.32. The summed E-state index contributed by atoms with van der Waals surface area (Å²) in [5.41, 5.74) is 0.865. The molecule has 11 heteroatoms. The van der Waals surface area contributed by atoms with Gasteiger partial charge in [-0.05, 0) is 61.7 Å². The van der Waals surface area contributed by atoms with E-state index in [-0.39, 0.29) is 34.8 Å². The van der Waals surface area contributed by atoms with Crippen molar-refractivity contribution in [3.05, 3.63) is 84.2 Å². The molecule has 0 heterocycles. The van der Waals surface area contributed by atoms with E-state index in [1.807, 2.05) is 30.3 Å². The Morgan fingerprint density at radius 2 is 1.60 bits per heavy atom. The zero-order valence-electron chi connectivity index (χ0n) is 24.0. The third-order valence-corrected chi connectivity index (χ3v) is 9.17. The van der Waals surface area contributed by atoms with Crippen molar-refractivity contribution in [2.75, 3.05) is 25.1 Å². The van der Waals surface area contributed by atoms with E-state index in [0.717, 1.165) is 47.7 Å². The van der Waals surface area contributed by atoms with Crippen molar-refractivity contribution in [1.29, 1.82) is 0 Å². The number of halogens is 1. The van der Waals surface area contributed by atoms with Gasteiger partial charge in [-0.2, -0.15) is 0 Å². The van der Waals surface area contributed by atoms with Gasteiger partial charge in [0.2, 0.25) is 11.8 Å². The van der Waals surface area contributed by atoms with Crippen molar-refractivity contribution in [2.24, 2.45) is 0 Å². The van der Waals surface area contributed by atoms with Crippen molar-refractivity contribution in [3.63, 3.8) is 0 Å². The smallest absolute Gasteiger partial charge is 0.264 e. The summed E-state index contributed by atoms with van der Waals surface area (Å²) in [4.78, 5) is 28.5. The van der Waals surface area contributed by atoms with E-state index in [4.69, 9.17) is 9.47 Å². The average molecular weight is 598 g/mol. The number of benzene rings is 3. The first-order chi connectivity index (χ1) is 20.1. The third-order valence-electron chi connectivity index (χ3n) is 7.40. The fourth-order valence-electron chi connectivity index (χ4n) is 4.99. The molecule has 3 aromatic rings. The molecule has 1 atom stereocenters. The molecule has 0 radical (unpaired) electrons. The van der Waals surface area contributed by atoms with E-state index in [2.05, 4.69) is 5.32 Å². The average Bonchev–Trinajstić information content (AvgIpc) is 3.51. The number of carbonyl (C=O) groups excluding carboxylic acids is 2. The number of rotatable bonds is 12. The molecular formula is C31H36FN3O6S. The summed E-state index contributed by atoms with van der Waals surface area (Å²) in [5.74, 6) is -0.941. The predicted molar refractivity (Wildman–Crippen MR) is 157 cm³/mol. The summed E-state index contributed by atoms with van der Waals surface area (Å²) in [7, 11) is -1.55. The molecule has 1 saturated carbocycles. The number of methoxy groups -OCH3 is 2. The summed E-state index contributed by atoms with van der Waals surface area (Å²) in [6, 6.07) is 17.3. The third kappa shape index (κ3) is 7.20. The van der Waals surface area contributed by atoms with Gasteiger partial charge in [0, 0.05) is 18.7 Å². The van der Waals surface area contributed by atoms with E-state index < -0.39 is 34.3 Å². The number of nitrogens with zero attached hydrogens (tertiary/aromatic N) is 2. The zero-order valence-corrected chi connectivity index (χ0v) is 24.8. The molecule has 0 spiro atoms. The van der Waals surface area contributed by atoms with Crippen LogP contribution in [-0.2, 0) is 26.2 Å². The highest BCUT2D eigenvalue weighted by atomic mass is 32.2. The zero-order chi connectivity index (χ0) is 30.3. The monoisotopic (exact) mass is 597 g/mol. The summed E-state index contributed by atoms with van der Waals surface area (Å²) < 4.78 is 53.3. The van der Waals surface area contributed by atoms with E-state index in [0.29, 0.717) is 5.75 Å². The maximum atomic E-state index is 14.0. The van der Waals surface area contributed by atoms with Crippen molar-refractivity contribution in [3.8, 4) is 11.5 Å². The maximum absolute atomic E-state index is 14.0. The SMILES string of the molecule is COc1ccc(S(=O)(=O)N(CC(=O)N(Cc2ccccc2)[C@@H](C)C(=O)NC2CCCC2)c2ccc(F)cc2)cc1OC. The molecule has 0 bridgehead atoms. The van der Waals surface area contributed by atoms with Crippen LogP contribution in [0.25, 0.3) is 0 Å². The Labute approximate surface area is 246 Å². The standard InChI is InChI=1S/C31H36FN3O6S/c1-22(31(37)33-25-11-7-8-12-25)34(20-23-9-5-4-6-10-23)30(36)21-35(26-15-13-24(32)14-16-26)42(38,39)27-17-18-28(40-2)29(19-27)41-3/h4-6,9-10,13-19,22,25H,7-8,11-12,20-21H2,1-3H3,(H,33,37)/t22-/m0/s1. The first kappa shape index (κ1) is 30.8. The number of hydrogen-bond donors (Lipinski definition) is 1. The minimum atomic E-state index is -4.36. The van der Waals surface area contributed by atoms with Crippen molar-refractivity contribution in [2.45, 2.75) is 56.1 Å². The molecule has 3 aromatic carbocycles. The second-order valence-corrected chi connectivity index (χ2v) is 12.0. The molecular weight excluding hydrogens is 561 g/mol. The van der Waals surface area contributed by atoms with Crippen molar-refractivity contribution >= 4 is 27.5 Å². The molecule has 1 aliphatic carbocycles. The predicted octanol–water partition coefficient (Wildman–Crippen LogP) is 4.51. The minimum absolute atomic E-state index is 0.0507. The highest BCUT2D eigenvalue weighted by Crippen LogP contribution is 2.32. The van der Waals surface area contributed by atoms with Crippen LogP contribution in [0.3, 0.4) is 0 Å². The molecule has 9 nitrogen and oxygen atoms in total. The number of ether oxygens (including phenoxy) is 2. The largest absolute Gasteiger partial charge is 0.493 e. The quantitative estimate of drug-likeness (QED) is 0.329. The lowest BCUT2D eigenvalue weighted by molar-refractivity contribution is -0.139. The Bertz CT molecular complexity index is 1480. The van der Waals surface area contributed by atoms with E-state index in [1.54, 1.807) is 6.92 Å². The van der Waals surface area contributed by atoms with Crippen LogP contribution >= 0.6 is 0 Å². The highest BCUT2D eigenvalue weighted by molar-refractivity contribution is 7.92. The van der Waals surface area contributed by atoms with Crippen LogP contribution < -0.4 is 19.1 Å². The van der Waals surface area contributed by atoms with E-state index >= 15 is 0 Å². The van der Waals surface area contributed by atoms with Crippen LogP contribution in [0.2, 0.25) is 0 Å². The highest BCUT2D eigenvalue weighted by Gasteiger charge is 2.33. The molecule has 0 aliphatic heterocycles. The van der Waals surface area contributed by atoms with Crippen LogP contribution in [-0.4, -0.2) is 58.0 Å². The molecule has 42 heavy (non-hydrogen) atoms. The molecule has 1 aliphatic rings. The molecule has 0 unspecified atom stereocenters. The first-order valence-corrected chi connectivity index (χ1v) is 15.2. The van der Waals surface area contributed by atoms with Gasteiger partial charge in [0.1, 0.15) is 18.4 Å². The summed E-state index contributed by atoms with van der Waals surface area (Å²) >= 11 is 0. The Hall–Kier alpha value is -4.12. The fourth-order valence-corrected chi connectivity index (χ4v) is 6.43. The van der Waals surface area contributed by atoms with Crippen molar-refractivity contribution in [1.82, 2.24) is 10.2 Å². The number of anilines is 1. The Morgan fingerprint density at radius 1 is 0.952 bits per heavy atom. The lowest BCUT2D eigenvalue weighted by Crippen LogP contribution is -2.52. The van der Waals surface area contributed by atoms with Gasteiger partial charge in [0.15, 0.2) is 11.5 Å². The van der Waals surface area contributed by atoms with Gasteiger partial charge in [-0.25, -0.2) is 12.8 Å². The van der Waals surface area contributed by atoms with E-state index in [9.17, 15) is 22.4 Å². The number of nitrogens with one attached hydrogen (secondary N) is 1. The number of amides is 2. The Kier molecular flexibility index (Phi) is 10.1. The second-order valence-electron chi connectivity index (χ2n) is 10.2. The number of sulfonamides is 1. The Balaban J connectivity index is 1.70. The molecule has 224 valence electrons. The van der Waals surface area contributed by atoms with Crippen LogP contribution in [0.4, 0.5) is 10.1 Å². The van der Waals surface area contributed by atoms with Crippen LogP contribution in [0.5, 0.6) is 11.5 Å². The molecule has 0 aromatic heterocycles. The van der Waals surface area contributed by atoms with Gasteiger partial charge in [-0.15, -0.1) is 0 Å². The maximum Gasteiger partial charge on any atom is 0.264 e. The van der Waals surface area contributed by atoms with E-state index in [1.165, 1.54) is 49.5 Å². The summed E-state index contributed by atoms with van der Waals surface area (Å²) in [6.45, 7) is 1.10. The van der Waals surface area contributed by atoms with Crippen LogP contribution in [0.1, 0.15) is 38.2 Å². The number of carbonyl (C=O) groups is 2. The minimum Gasteiger partial charge on any atom is -0.493 e. The first-order valence-electron chi connectivity index (χ1n) is 13.8. The molecule has 1 fully saturated rings. The molecule has 2 amide bonds. The van der Waals surface area contributed by atoms with Gasteiger partial charge in [-0.3, -0.25) is 13.9 Å². The van der Waals surface area contributed by atoms with Gasteiger partial charge < -0.3 is 19.7 Å². The fraction of sp³-hybridized carbons (Fsp3) is 0.355. The topological polar surface area (TPSA) is 105 Å². The molecule has 4 rings (SSSR count). The number of hydrogen-bond acceptors (Lipinski definition) is 6. The summed E-state index contributed by atoms with van der Waals surface area (Å²) in [6.07, 6.45) is 3.83. The second kappa shape index (κ2) is 13.7. The van der Waals surface area contributed by atoms with Crippen LogP contribution in [0, 0.1) is 5.82 Å². The lowest BCUT2D eigenvalue weighted by atomic mass is 10.1. The van der Waals surface area contributed by atoms with Crippen molar-refractivity contribution < 1.29 is 31.9 Å². The normalized spacial score (nSPS) is 14.2. The van der Waals surface area contributed by atoms with Gasteiger partial charge in [0.05, 0.1) is 24.8 Å². The molecule has 1 N–H and O–H groups in total. The van der Waals surface area contributed by atoms with Crippen LogP contribution in [0.15, 0.2) is 77.7 Å². The van der Waals surface area contributed by atoms with Gasteiger partial charge in [0.25, 0.3) is 10.0 Å².